The normalized spacial score (nSPS) is 13.3. The summed E-state index contributed by atoms with van der Waals surface area (Å²) in [6.45, 7) is 2.40. The van der Waals surface area contributed by atoms with E-state index < -0.39 is 36.3 Å². The molecule has 1 aromatic rings. The summed E-state index contributed by atoms with van der Waals surface area (Å²) in [6.07, 6.45) is -2.59. The Morgan fingerprint density at radius 3 is 2.38 bits per heavy atom. The van der Waals surface area contributed by atoms with Gasteiger partial charge in [0.25, 0.3) is 5.69 Å². The van der Waals surface area contributed by atoms with Gasteiger partial charge in [-0.2, -0.15) is 0 Å². The molecule has 0 saturated carbocycles. The van der Waals surface area contributed by atoms with Gasteiger partial charge in [0.05, 0.1) is 17.1 Å². The van der Waals surface area contributed by atoms with Crippen LogP contribution in [0.25, 0.3) is 0 Å². The van der Waals surface area contributed by atoms with Crippen molar-refractivity contribution in [1.82, 2.24) is 0 Å². The molecule has 21 heavy (non-hydrogen) atoms. The number of carbonyl (C=O) groups is 1. The fourth-order valence-electron chi connectivity index (χ4n) is 1.41. The summed E-state index contributed by atoms with van der Waals surface area (Å²) < 4.78 is 4.64. The van der Waals surface area contributed by atoms with Gasteiger partial charge in [-0.3, -0.25) is 10.1 Å². The molecule has 0 amide bonds. The predicted octanol–water partition coefficient (Wildman–Crippen LogP) is 0.0808. The number of carbonyl (C=O) groups excluding carboxylic acids is 1. The molecule has 0 spiro atoms. The summed E-state index contributed by atoms with van der Waals surface area (Å²) in [7, 11) is 0. The maximum absolute atomic E-state index is 11.6. The van der Waals surface area contributed by atoms with Crippen LogP contribution in [0.2, 0.25) is 0 Å². The fraction of sp³-hybridized carbons (Fsp3) is 0.308. The lowest BCUT2D eigenvalue weighted by atomic mass is 10.0. The number of esters is 1. The number of ether oxygens (including phenoxy) is 1. The lowest BCUT2D eigenvalue weighted by molar-refractivity contribution is -0.384. The van der Waals surface area contributed by atoms with Gasteiger partial charge in [-0.25, -0.2) is 4.79 Å². The van der Waals surface area contributed by atoms with E-state index in [1.807, 2.05) is 0 Å². The highest BCUT2D eigenvalue weighted by atomic mass is 16.6. The molecule has 8 heteroatoms. The van der Waals surface area contributed by atoms with Crippen LogP contribution in [-0.2, 0) is 9.53 Å². The molecule has 1 rings (SSSR count). The van der Waals surface area contributed by atoms with E-state index in [-0.39, 0.29) is 16.8 Å². The third-order valence-electron chi connectivity index (χ3n) is 2.63. The summed E-state index contributed by atoms with van der Waals surface area (Å²) >= 11 is 0. The number of nitrogens with zero attached hydrogens (tertiary/aromatic N) is 1. The molecule has 0 heterocycles. The number of hydrogen-bond donors (Lipinski definition) is 3. The van der Waals surface area contributed by atoms with Crippen molar-refractivity contribution in [2.75, 3.05) is 13.2 Å². The third-order valence-corrected chi connectivity index (χ3v) is 2.63. The molecule has 0 aliphatic carbocycles. The minimum atomic E-state index is -1.38. The fourth-order valence-corrected chi connectivity index (χ4v) is 1.41. The van der Waals surface area contributed by atoms with Crippen LogP contribution in [-0.4, -0.2) is 45.5 Å². The van der Waals surface area contributed by atoms with E-state index >= 15 is 0 Å². The van der Waals surface area contributed by atoms with Crippen LogP contribution in [0.4, 0.5) is 5.69 Å². The highest BCUT2D eigenvalue weighted by Gasteiger charge is 2.21. The van der Waals surface area contributed by atoms with E-state index in [1.54, 1.807) is 0 Å². The monoisotopic (exact) mass is 297 g/mol. The first-order valence-corrected chi connectivity index (χ1v) is 5.94. The third kappa shape index (κ3) is 4.63. The van der Waals surface area contributed by atoms with Crippen molar-refractivity contribution in [3.05, 3.63) is 52.1 Å². The molecule has 0 saturated heterocycles. The van der Waals surface area contributed by atoms with Gasteiger partial charge in [-0.05, 0) is 17.7 Å². The second-order valence-electron chi connectivity index (χ2n) is 4.21. The predicted molar refractivity (Wildman–Crippen MR) is 71.2 cm³/mol. The number of rotatable bonds is 7. The largest absolute Gasteiger partial charge is 0.459 e. The zero-order valence-electron chi connectivity index (χ0n) is 11.0. The van der Waals surface area contributed by atoms with Crippen LogP contribution in [0.3, 0.4) is 0 Å². The van der Waals surface area contributed by atoms with Gasteiger partial charge in [0.15, 0.2) is 0 Å². The first-order chi connectivity index (χ1) is 9.86. The minimum absolute atomic E-state index is 0.148. The molecule has 0 aliphatic rings. The van der Waals surface area contributed by atoms with E-state index in [0.717, 1.165) is 0 Å². The number of benzene rings is 1. The Labute approximate surface area is 120 Å². The van der Waals surface area contributed by atoms with Crippen molar-refractivity contribution in [3.8, 4) is 0 Å². The average molecular weight is 297 g/mol. The van der Waals surface area contributed by atoms with Gasteiger partial charge >= 0.3 is 5.97 Å². The van der Waals surface area contributed by atoms with Crippen molar-refractivity contribution in [1.29, 1.82) is 0 Å². The van der Waals surface area contributed by atoms with E-state index in [4.69, 9.17) is 10.2 Å². The Kier molecular flexibility index (Phi) is 5.97. The number of aliphatic hydroxyl groups is 3. The quantitative estimate of drug-likeness (QED) is 0.281. The van der Waals surface area contributed by atoms with Crippen LogP contribution < -0.4 is 0 Å². The van der Waals surface area contributed by atoms with Crippen molar-refractivity contribution < 1.29 is 29.8 Å². The smallest absolute Gasteiger partial charge is 0.336 e. The molecule has 8 nitrogen and oxygen atoms in total. The van der Waals surface area contributed by atoms with Gasteiger partial charge in [-0.15, -0.1) is 0 Å². The lowest BCUT2D eigenvalue weighted by Gasteiger charge is -2.14. The van der Waals surface area contributed by atoms with Gasteiger partial charge in [-0.1, -0.05) is 6.58 Å². The highest BCUT2D eigenvalue weighted by molar-refractivity contribution is 5.89. The summed E-state index contributed by atoms with van der Waals surface area (Å²) in [5.74, 6) is -0.937. The Morgan fingerprint density at radius 1 is 1.33 bits per heavy atom. The van der Waals surface area contributed by atoms with E-state index in [0.29, 0.717) is 0 Å². The van der Waals surface area contributed by atoms with Gasteiger partial charge in [0, 0.05) is 12.1 Å². The van der Waals surface area contributed by atoms with Crippen molar-refractivity contribution in [3.63, 3.8) is 0 Å². The Bertz CT molecular complexity index is 526. The molecular weight excluding hydrogens is 282 g/mol. The molecule has 0 radical (unpaired) electrons. The number of nitro groups is 1. The van der Waals surface area contributed by atoms with E-state index in [9.17, 15) is 20.0 Å². The molecule has 3 N–H and O–H groups in total. The molecule has 2 atom stereocenters. The second kappa shape index (κ2) is 7.48. The first kappa shape index (κ1) is 16.8. The van der Waals surface area contributed by atoms with Crippen LogP contribution in [0, 0.1) is 10.1 Å². The average Bonchev–Trinajstić information content (AvgIpc) is 2.50. The van der Waals surface area contributed by atoms with Crippen LogP contribution in [0.5, 0.6) is 0 Å². The summed E-state index contributed by atoms with van der Waals surface area (Å²) in [5, 5.41) is 38.1. The molecule has 114 valence electrons. The van der Waals surface area contributed by atoms with Crippen LogP contribution in [0.1, 0.15) is 11.7 Å². The maximum Gasteiger partial charge on any atom is 0.336 e. The Morgan fingerprint density at radius 2 is 1.90 bits per heavy atom. The van der Waals surface area contributed by atoms with E-state index in [1.165, 1.54) is 24.3 Å². The van der Waals surface area contributed by atoms with Crippen LogP contribution >= 0.6 is 0 Å². The minimum Gasteiger partial charge on any atom is -0.459 e. The van der Waals surface area contributed by atoms with Gasteiger partial charge in [0.1, 0.15) is 18.8 Å². The topological polar surface area (TPSA) is 130 Å². The van der Waals surface area contributed by atoms with E-state index in [2.05, 4.69) is 11.3 Å². The van der Waals surface area contributed by atoms with Crippen LogP contribution in [0.15, 0.2) is 36.4 Å². The second-order valence-corrected chi connectivity index (χ2v) is 4.21. The SMILES string of the molecule is C=C(C(=O)OCC(O)CO)C(O)c1ccc([N+](=O)[O-])cc1. The number of nitro benzene ring substituents is 1. The standard InChI is InChI=1S/C13H15NO7/c1-8(13(18)21-7-11(16)6-15)12(17)9-2-4-10(5-3-9)14(19)20/h2-5,11-12,15-17H,1,6-7H2. The Balaban J connectivity index is 2.69. The molecule has 0 fully saturated rings. The summed E-state index contributed by atoms with van der Waals surface area (Å²) in [5.41, 5.74) is -0.190. The van der Waals surface area contributed by atoms with Crippen molar-refractivity contribution in [2.24, 2.45) is 0 Å². The molecule has 1 aromatic carbocycles. The zero-order chi connectivity index (χ0) is 16.0. The summed E-state index contributed by atoms with van der Waals surface area (Å²) in [6, 6.07) is 4.97. The molecule has 0 aliphatic heterocycles. The Hall–Kier alpha value is -2.29. The maximum atomic E-state index is 11.6. The molecule has 2 unspecified atom stereocenters. The molecule has 0 bridgehead atoms. The van der Waals surface area contributed by atoms with Gasteiger partial charge < -0.3 is 20.1 Å². The number of hydrogen-bond acceptors (Lipinski definition) is 7. The molecule has 0 aromatic heterocycles. The highest BCUT2D eigenvalue weighted by Crippen LogP contribution is 2.23. The van der Waals surface area contributed by atoms with Crippen molar-refractivity contribution >= 4 is 11.7 Å². The first-order valence-electron chi connectivity index (χ1n) is 5.94. The zero-order valence-corrected chi connectivity index (χ0v) is 11.0. The molecular formula is C13H15NO7. The van der Waals surface area contributed by atoms with Crippen molar-refractivity contribution in [2.45, 2.75) is 12.2 Å². The van der Waals surface area contributed by atoms with Gasteiger partial charge in [0.2, 0.25) is 0 Å². The number of aliphatic hydroxyl groups excluding tert-OH is 3. The number of non-ortho nitro benzene ring substituents is 1. The lowest BCUT2D eigenvalue weighted by Crippen LogP contribution is -2.23. The summed E-state index contributed by atoms with van der Waals surface area (Å²) in [4.78, 5) is 21.5.